The molecule has 1 heterocycles. The summed E-state index contributed by atoms with van der Waals surface area (Å²) in [6.45, 7) is 10.8. The normalized spacial score (nSPS) is 45.8. The second kappa shape index (κ2) is 8.76. The topological polar surface area (TPSA) is 38.7 Å². The van der Waals surface area contributed by atoms with E-state index >= 15 is 0 Å². The zero-order valence-corrected chi connectivity index (χ0v) is 20.3. The largest absolute Gasteiger partial charge is 0.396 e. The Balaban J connectivity index is 1.27. The van der Waals surface area contributed by atoms with Crippen LogP contribution in [-0.4, -0.2) is 37.6 Å². The van der Waals surface area contributed by atoms with Crippen LogP contribution in [0.15, 0.2) is 11.6 Å². The lowest BCUT2D eigenvalue weighted by molar-refractivity contribution is -0.100. The molecule has 0 aromatic heterocycles. The van der Waals surface area contributed by atoms with Crippen molar-refractivity contribution >= 4 is 0 Å². The summed E-state index contributed by atoms with van der Waals surface area (Å²) in [5.41, 5.74) is 2.69. The molecule has 0 amide bonds. The van der Waals surface area contributed by atoms with Crippen LogP contribution in [0.4, 0.5) is 0 Å². The molecule has 3 heteroatoms. The Labute approximate surface area is 190 Å². The summed E-state index contributed by atoms with van der Waals surface area (Å²) in [7, 11) is 0. The van der Waals surface area contributed by atoms with E-state index in [9.17, 15) is 5.11 Å². The van der Waals surface area contributed by atoms with E-state index in [2.05, 4.69) is 26.8 Å². The van der Waals surface area contributed by atoms with E-state index in [4.69, 9.17) is 9.47 Å². The van der Waals surface area contributed by atoms with Gasteiger partial charge >= 0.3 is 0 Å². The van der Waals surface area contributed by atoms with Crippen LogP contribution in [0.2, 0.25) is 0 Å². The molecule has 0 unspecified atom stereocenters. The van der Waals surface area contributed by atoms with Gasteiger partial charge in [-0.3, -0.25) is 0 Å². The zero-order valence-electron chi connectivity index (χ0n) is 20.3. The minimum atomic E-state index is 0.354. The van der Waals surface area contributed by atoms with Crippen molar-refractivity contribution in [3.05, 3.63) is 11.6 Å². The Kier molecular flexibility index (Phi) is 6.34. The minimum Gasteiger partial charge on any atom is -0.396 e. The minimum absolute atomic E-state index is 0.354. The molecule has 4 aliphatic carbocycles. The van der Waals surface area contributed by atoms with Crippen molar-refractivity contribution in [3.63, 3.8) is 0 Å². The van der Waals surface area contributed by atoms with Gasteiger partial charge in [-0.15, -0.1) is 0 Å². The van der Waals surface area contributed by atoms with Crippen molar-refractivity contribution in [2.75, 3.05) is 26.4 Å². The molecule has 0 radical (unpaired) electrons. The van der Waals surface area contributed by atoms with Gasteiger partial charge in [-0.05, 0) is 105 Å². The van der Waals surface area contributed by atoms with E-state index in [1.165, 1.54) is 57.8 Å². The maximum atomic E-state index is 9.32. The lowest BCUT2D eigenvalue weighted by Crippen LogP contribution is -2.51. The average molecular weight is 431 g/mol. The summed E-state index contributed by atoms with van der Waals surface area (Å²) in [5.74, 6) is 4.96. The van der Waals surface area contributed by atoms with Crippen molar-refractivity contribution in [2.45, 2.75) is 91.1 Å². The van der Waals surface area contributed by atoms with E-state index in [0.717, 1.165) is 55.8 Å². The standard InChI is InChI=1S/C28H46O3/c1-19(5-4-14-29)24-8-9-25-23-7-6-21-15-22(31-18-20-16-30-17-20)10-12-27(21,2)26(23)11-13-28(24,25)3/h6,19-20,22-26,29H,4-5,7-18H2,1-3H3/t19-,22+,23+,24-,25+,26+,27+,28-/m1/s1. The summed E-state index contributed by atoms with van der Waals surface area (Å²) in [5, 5.41) is 9.32. The predicted molar refractivity (Wildman–Crippen MR) is 125 cm³/mol. The molecule has 31 heavy (non-hydrogen) atoms. The van der Waals surface area contributed by atoms with Crippen molar-refractivity contribution in [1.29, 1.82) is 0 Å². The summed E-state index contributed by atoms with van der Waals surface area (Å²) < 4.78 is 11.7. The van der Waals surface area contributed by atoms with Crippen LogP contribution in [0.25, 0.3) is 0 Å². The highest BCUT2D eigenvalue weighted by molar-refractivity contribution is 5.25. The first-order valence-corrected chi connectivity index (χ1v) is 13.5. The van der Waals surface area contributed by atoms with Crippen LogP contribution in [-0.2, 0) is 9.47 Å². The molecule has 1 aliphatic heterocycles. The Bertz CT molecular complexity index is 669. The van der Waals surface area contributed by atoms with Crippen molar-refractivity contribution < 1.29 is 14.6 Å². The molecule has 0 aromatic carbocycles. The van der Waals surface area contributed by atoms with Gasteiger partial charge in [-0.2, -0.15) is 0 Å². The van der Waals surface area contributed by atoms with Crippen molar-refractivity contribution in [2.24, 2.45) is 46.3 Å². The van der Waals surface area contributed by atoms with E-state index in [0.29, 0.717) is 29.5 Å². The second-order valence-corrected chi connectivity index (χ2v) is 12.4. The Morgan fingerprint density at radius 1 is 1.13 bits per heavy atom. The van der Waals surface area contributed by atoms with Gasteiger partial charge in [0.2, 0.25) is 0 Å². The van der Waals surface area contributed by atoms with Crippen LogP contribution in [0.1, 0.15) is 85.0 Å². The molecular formula is C28H46O3. The molecule has 176 valence electrons. The van der Waals surface area contributed by atoms with Gasteiger partial charge in [0.05, 0.1) is 25.9 Å². The van der Waals surface area contributed by atoms with E-state index in [1.54, 1.807) is 5.57 Å². The molecule has 0 bridgehead atoms. The van der Waals surface area contributed by atoms with Crippen molar-refractivity contribution in [1.82, 2.24) is 0 Å². The highest BCUT2D eigenvalue weighted by Crippen LogP contribution is 2.67. The van der Waals surface area contributed by atoms with Gasteiger partial charge in [-0.1, -0.05) is 32.4 Å². The van der Waals surface area contributed by atoms with Gasteiger partial charge in [0.25, 0.3) is 0 Å². The number of rotatable bonds is 7. The van der Waals surface area contributed by atoms with Crippen LogP contribution >= 0.6 is 0 Å². The molecule has 1 N–H and O–H groups in total. The molecule has 3 saturated carbocycles. The Hall–Kier alpha value is -0.380. The van der Waals surface area contributed by atoms with E-state index in [-0.39, 0.29) is 0 Å². The number of hydrogen-bond donors (Lipinski definition) is 1. The molecule has 4 fully saturated rings. The van der Waals surface area contributed by atoms with Gasteiger partial charge < -0.3 is 14.6 Å². The third-order valence-corrected chi connectivity index (χ3v) is 10.9. The van der Waals surface area contributed by atoms with Crippen LogP contribution in [0.3, 0.4) is 0 Å². The average Bonchev–Trinajstić information content (AvgIpc) is 3.08. The van der Waals surface area contributed by atoms with Gasteiger partial charge in [0.15, 0.2) is 0 Å². The number of fused-ring (bicyclic) bond motifs is 5. The molecule has 0 aromatic rings. The fraction of sp³-hybridized carbons (Fsp3) is 0.929. The molecule has 8 atom stereocenters. The molecule has 5 rings (SSSR count). The van der Waals surface area contributed by atoms with Crippen molar-refractivity contribution in [3.8, 4) is 0 Å². The summed E-state index contributed by atoms with van der Waals surface area (Å²) in [4.78, 5) is 0. The number of aliphatic hydroxyl groups excluding tert-OH is 1. The zero-order chi connectivity index (χ0) is 21.6. The molecule has 1 saturated heterocycles. The smallest absolute Gasteiger partial charge is 0.0612 e. The predicted octanol–water partition coefficient (Wildman–Crippen LogP) is 6.01. The monoisotopic (exact) mass is 430 g/mol. The van der Waals surface area contributed by atoms with Gasteiger partial charge in [0, 0.05) is 12.5 Å². The SMILES string of the molecule is C[C@H](CCCO)[C@H]1CC[C@H]2[C@@H]3CC=C4C[C@@H](OCC5COC5)CC[C@]4(C)[C@H]3CC[C@]12C. The fourth-order valence-corrected chi connectivity index (χ4v) is 9.01. The van der Waals surface area contributed by atoms with Gasteiger partial charge in [-0.25, -0.2) is 0 Å². The third-order valence-electron chi connectivity index (χ3n) is 10.9. The highest BCUT2D eigenvalue weighted by atomic mass is 16.5. The quantitative estimate of drug-likeness (QED) is 0.503. The molecule has 5 aliphatic rings. The first-order chi connectivity index (χ1) is 15.0. The Morgan fingerprint density at radius 3 is 2.71 bits per heavy atom. The Morgan fingerprint density at radius 2 is 1.97 bits per heavy atom. The summed E-state index contributed by atoms with van der Waals surface area (Å²) in [6.07, 6.45) is 16.1. The number of ether oxygens (including phenoxy) is 2. The van der Waals surface area contributed by atoms with E-state index in [1.807, 2.05) is 0 Å². The van der Waals surface area contributed by atoms with Gasteiger partial charge in [0.1, 0.15) is 0 Å². The van der Waals surface area contributed by atoms with Crippen LogP contribution in [0, 0.1) is 46.3 Å². The highest BCUT2D eigenvalue weighted by Gasteiger charge is 2.59. The molecular weight excluding hydrogens is 384 g/mol. The number of aliphatic hydroxyl groups is 1. The lowest BCUT2D eigenvalue weighted by Gasteiger charge is -2.58. The maximum absolute atomic E-state index is 9.32. The second-order valence-electron chi connectivity index (χ2n) is 12.4. The molecule has 3 nitrogen and oxygen atoms in total. The maximum Gasteiger partial charge on any atom is 0.0612 e. The summed E-state index contributed by atoms with van der Waals surface area (Å²) in [6, 6.07) is 0. The third kappa shape index (κ3) is 3.85. The first-order valence-electron chi connectivity index (χ1n) is 13.5. The lowest BCUT2D eigenvalue weighted by atomic mass is 9.47. The molecule has 0 spiro atoms. The summed E-state index contributed by atoms with van der Waals surface area (Å²) >= 11 is 0. The first kappa shape index (κ1) is 22.4. The van der Waals surface area contributed by atoms with Crippen LogP contribution < -0.4 is 0 Å². The fourth-order valence-electron chi connectivity index (χ4n) is 9.01. The number of hydrogen-bond acceptors (Lipinski definition) is 3. The van der Waals surface area contributed by atoms with Crippen LogP contribution in [0.5, 0.6) is 0 Å². The van der Waals surface area contributed by atoms with E-state index < -0.39 is 0 Å². The number of allylic oxidation sites excluding steroid dienone is 1.